The Morgan fingerprint density at radius 1 is 1.59 bits per heavy atom. The van der Waals surface area contributed by atoms with E-state index in [0.717, 1.165) is 25.5 Å². The summed E-state index contributed by atoms with van der Waals surface area (Å²) < 4.78 is 2.29. The summed E-state index contributed by atoms with van der Waals surface area (Å²) in [6, 6.07) is 1.05. The maximum absolute atomic E-state index is 4.76. The number of likely N-dealkylation sites (N-methyl/N-ethyl adjacent to an activating group) is 1. The highest BCUT2D eigenvalue weighted by Gasteiger charge is 2.23. The van der Waals surface area contributed by atoms with E-state index in [4.69, 9.17) is 4.98 Å². The lowest BCUT2D eigenvalue weighted by atomic mass is 10.2. The van der Waals surface area contributed by atoms with Crippen molar-refractivity contribution in [2.24, 2.45) is 0 Å². The molecule has 0 amide bonds. The van der Waals surface area contributed by atoms with Gasteiger partial charge in [0.1, 0.15) is 0 Å². The van der Waals surface area contributed by atoms with E-state index in [1.54, 1.807) is 0 Å². The minimum absolute atomic E-state index is 0.467. The van der Waals surface area contributed by atoms with E-state index in [1.807, 2.05) is 0 Å². The van der Waals surface area contributed by atoms with Gasteiger partial charge in [-0.2, -0.15) is 0 Å². The molecule has 1 atom stereocenters. The first kappa shape index (κ1) is 12.4. The molecule has 0 aliphatic carbocycles. The van der Waals surface area contributed by atoms with E-state index < -0.39 is 0 Å². The quantitative estimate of drug-likeness (QED) is 0.865. The van der Waals surface area contributed by atoms with Crippen molar-refractivity contribution in [1.29, 1.82) is 0 Å². The highest BCUT2D eigenvalue weighted by Crippen LogP contribution is 2.22. The van der Waals surface area contributed by atoms with Crippen molar-refractivity contribution in [3.8, 4) is 0 Å². The molecule has 4 heteroatoms. The fourth-order valence-corrected chi connectivity index (χ4v) is 2.38. The topological polar surface area (TPSA) is 33.1 Å². The van der Waals surface area contributed by atoms with Gasteiger partial charge in [-0.15, -0.1) is 0 Å². The number of rotatable bonds is 4. The largest absolute Gasteiger partial charge is 0.341 e. The van der Waals surface area contributed by atoms with Gasteiger partial charge in [0.05, 0.1) is 5.69 Å². The Morgan fingerprint density at radius 2 is 2.35 bits per heavy atom. The van der Waals surface area contributed by atoms with Crippen LogP contribution in [0.25, 0.3) is 0 Å². The number of aromatic nitrogens is 2. The second kappa shape index (κ2) is 5.08. The molecular weight excluding hydrogens is 212 g/mol. The SMILES string of the molecule is CCc1cn(C(C)C)c(N(C)C2CCNC2)n1. The van der Waals surface area contributed by atoms with E-state index in [0.29, 0.717) is 12.1 Å². The van der Waals surface area contributed by atoms with Crippen molar-refractivity contribution in [3.63, 3.8) is 0 Å². The number of aryl methyl sites for hydroxylation is 1. The van der Waals surface area contributed by atoms with Crippen LogP contribution in [0.2, 0.25) is 0 Å². The molecule has 1 saturated heterocycles. The van der Waals surface area contributed by atoms with Gasteiger partial charge in [-0.3, -0.25) is 0 Å². The molecule has 1 aliphatic rings. The average molecular weight is 236 g/mol. The summed E-state index contributed by atoms with van der Waals surface area (Å²) in [4.78, 5) is 7.09. The third kappa shape index (κ3) is 2.46. The molecule has 96 valence electrons. The Balaban J connectivity index is 2.25. The first-order valence-corrected chi connectivity index (χ1v) is 6.64. The third-order valence-electron chi connectivity index (χ3n) is 3.58. The summed E-state index contributed by atoms with van der Waals surface area (Å²) in [5.74, 6) is 1.12. The normalized spacial score (nSPS) is 20.2. The van der Waals surface area contributed by atoms with Gasteiger partial charge < -0.3 is 14.8 Å². The van der Waals surface area contributed by atoms with Crippen molar-refractivity contribution < 1.29 is 0 Å². The summed E-state index contributed by atoms with van der Waals surface area (Å²) in [5.41, 5.74) is 1.19. The van der Waals surface area contributed by atoms with Gasteiger partial charge >= 0.3 is 0 Å². The van der Waals surface area contributed by atoms with Crippen LogP contribution in [0, 0.1) is 0 Å². The highest BCUT2D eigenvalue weighted by atomic mass is 15.3. The minimum atomic E-state index is 0.467. The molecule has 1 N–H and O–H groups in total. The highest BCUT2D eigenvalue weighted by molar-refractivity contribution is 5.35. The van der Waals surface area contributed by atoms with E-state index in [2.05, 4.69) is 48.8 Å². The molecule has 1 fully saturated rings. The molecule has 0 bridgehead atoms. The first-order chi connectivity index (χ1) is 8.13. The van der Waals surface area contributed by atoms with Crippen LogP contribution in [0.1, 0.15) is 38.9 Å². The van der Waals surface area contributed by atoms with Crippen molar-refractivity contribution in [3.05, 3.63) is 11.9 Å². The smallest absolute Gasteiger partial charge is 0.205 e. The standard InChI is InChI=1S/C13H24N4/c1-5-11-9-17(10(2)3)13(15-11)16(4)12-6-7-14-8-12/h9-10,12,14H,5-8H2,1-4H3. The summed E-state index contributed by atoms with van der Waals surface area (Å²) in [6.45, 7) is 8.78. The number of nitrogens with one attached hydrogen (secondary N) is 1. The van der Waals surface area contributed by atoms with Crippen LogP contribution in [-0.4, -0.2) is 35.7 Å². The summed E-state index contributed by atoms with van der Waals surface area (Å²) in [5, 5.41) is 3.41. The third-order valence-corrected chi connectivity index (χ3v) is 3.58. The molecule has 0 aromatic carbocycles. The van der Waals surface area contributed by atoms with E-state index in [9.17, 15) is 0 Å². The molecule has 17 heavy (non-hydrogen) atoms. The molecule has 2 heterocycles. The predicted molar refractivity (Wildman–Crippen MR) is 71.7 cm³/mol. The fraction of sp³-hybridized carbons (Fsp3) is 0.769. The lowest BCUT2D eigenvalue weighted by Gasteiger charge is -2.26. The van der Waals surface area contributed by atoms with Crippen LogP contribution in [0.4, 0.5) is 5.95 Å². The van der Waals surface area contributed by atoms with Crippen molar-refractivity contribution in [2.75, 3.05) is 25.0 Å². The van der Waals surface area contributed by atoms with Gasteiger partial charge in [0.15, 0.2) is 0 Å². The molecule has 4 nitrogen and oxygen atoms in total. The van der Waals surface area contributed by atoms with Gasteiger partial charge in [-0.1, -0.05) is 6.92 Å². The summed E-state index contributed by atoms with van der Waals surface area (Å²) in [6.07, 6.45) is 4.41. The Bertz CT molecular complexity index is 363. The van der Waals surface area contributed by atoms with Gasteiger partial charge in [0, 0.05) is 31.9 Å². The van der Waals surface area contributed by atoms with Gasteiger partial charge in [0.25, 0.3) is 0 Å². The van der Waals surface area contributed by atoms with Crippen LogP contribution >= 0.6 is 0 Å². The molecule has 1 unspecified atom stereocenters. The molecule has 0 radical (unpaired) electrons. The van der Waals surface area contributed by atoms with Crippen LogP contribution in [0.5, 0.6) is 0 Å². The number of imidazole rings is 1. The summed E-state index contributed by atoms with van der Waals surface area (Å²) in [7, 11) is 2.16. The van der Waals surface area contributed by atoms with E-state index in [1.165, 1.54) is 12.1 Å². The van der Waals surface area contributed by atoms with Gasteiger partial charge in [-0.25, -0.2) is 4.98 Å². The molecular formula is C13H24N4. The van der Waals surface area contributed by atoms with Crippen LogP contribution in [-0.2, 0) is 6.42 Å². The molecule has 1 aromatic heterocycles. The molecule has 1 aromatic rings. The fourth-order valence-electron chi connectivity index (χ4n) is 2.38. The average Bonchev–Trinajstić information content (AvgIpc) is 2.97. The predicted octanol–water partition coefficient (Wildman–Crippen LogP) is 1.82. The van der Waals surface area contributed by atoms with Crippen LogP contribution in [0.15, 0.2) is 6.20 Å². The maximum Gasteiger partial charge on any atom is 0.205 e. The van der Waals surface area contributed by atoms with E-state index >= 15 is 0 Å². The maximum atomic E-state index is 4.76. The Hall–Kier alpha value is -1.03. The van der Waals surface area contributed by atoms with Gasteiger partial charge in [0.2, 0.25) is 5.95 Å². The lowest BCUT2D eigenvalue weighted by molar-refractivity contribution is 0.570. The number of anilines is 1. The summed E-state index contributed by atoms with van der Waals surface area (Å²) >= 11 is 0. The van der Waals surface area contributed by atoms with Crippen LogP contribution < -0.4 is 10.2 Å². The zero-order valence-electron chi connectivity index (χ0n) is 11.4. The van der Waals surface area contributed by atoms with Crippen molar-refractivity contribution in [1.82, 2.24) is 14.9 Å². The Morgan fingerprint density at radius 3 is 2.88 bits per heavy atom. The zero-order valence-corrected chi connectivity index (χ0v) is 11.4. The van der Waals surface area contributed by atoms with Crippen molar-refractivity contribution >= 4 is 5.95 Å². The molecule has 2 rings (SSSR count). The zero-order chi connectivity index (χ0) is 12.4. The second-order valence-electron chi connectivity index (χ2n) is 5.14. The van der Waals surface area contributed by atoms with E-state index in [-0.39, 0.29) is 0 Å². The van der Waals surface area contributed by atoms with Gasteiger partial charge in [-0.05, 0) is 33.2 Å². The first-order valence-electron chi connectivity index (χ1n) is 6.64. The minimum Gasteiger partial charge on any atom is -0.341 e. The van der Waals surface area contributed by atoms with Crippen LogP contribution in [0.3, 0.4) is 0 Å². The molecule has 1 aliphatic heterocycles. The Kier molecular flexibility index (Phi) is 3.72. The molecule has 0 saturated carbocycles. The number of hydrogen-bond acceptors (Lipinski definition) is 3. The number of nitrogens with zero attached hydrogens (tertiary/aromatic N) is 3. The lowest BCUT2D eigenvalue weighted by Crippen LogP contribution is -2.35. The second-order valence-corrected chi connectivity index (χ2v) is 5.14. The van der Waals surface area contributed by atoms with Crippen molar-refractivity contribution in [2.45, 2.75) is 45.7 Å². The Labute approximate surface area is 104 Å². The monoisotopic (exact) mass is 236 g/mol. The number of hydrogen-bond donors (Lipinski definition) is 1. The molecule has 0 spiro atoms.